The second-order valence-electron chi connectivity index (χ2n) is 16.5. The van der Waals surface area contributed by atoms with Gasteiger partial charge in [0.1, 0.15) is 5.58 Å². The van der Waals surface area contributed by atoms with Gasteiger partial charge in [-0.2, -0.15) is 0 Å². The quantitative estimate of drug-likeness (QED) is 0.164. The van der Waals surface area contributed by atoms with Gasteiger partial charge in [0.2, 0.25) is 0 Å². The van der Waals surface area contributed by atoms with Crippen LogP contribution in [0.3, 0.4) is 0 Å². The number of hydrogen-bond donors (Lipinski definition) is 0. The van der Waals surface area contributed by atoms with Crippen LogP contribution in [0.25, 0.3) is 121 Å². The monoisotopic (exact) mass is 802 g/mol. The van der Waals surface area contributed by atoms with Crippen molar-refractivity contribution in [2.75, 3.05) is 0 Å². The largest absolute Gasteiger partial charge is 0.454 e. The molecule has 0 atom stereocenters. The van der Waals surface area contributed by atoms with Crippen LogP contribution in [0.1, 0.15) is 0 Å². The highest BCUT2D eigenvalue weighted by atomic mass is 16.3. The first-order chi connectivity index (χ1) is 31.2. The Bertz CT molecular complexity index is 3900. The minimum atomic E-state index is 0.877. The van der Waals surface area contributed by atoms with Gasteiger partial charge in [0, 0.05) is 38.0 Å². The number of para-hydroxylation sites is 3. The molecule has 0 saturated heterocycles. The summed E-state index contributed by atoms with van der Waals surface area (Å²) in [5.41, 5.74) is 18.1. The number of benzene rings is 10. The van der Waals surface area contributed by atoms with Crippen LogP contribution in [0.4, 0.5) is 0 Å². The lowest BCUT2D eigenvalue weighted by Crippen LogP contribution is -1.95. The summed E-state index contributed by atoms with van der Waals surface area (Å²) in [4.78, 5) is 0. The Morgan fingerprint density at radius 1 is 0.286 bits per heavy atom. The van der Waals surface area contributed by atoms with Crippen molar-refractivity contribution < 1.29 is 4.42 Å². The molecule has 0 spiro atoms. The van der Waals surface area contributed by atoms with Gasteiger partial charge in [-0.1, -0.05) is 164 Å². The summed E-state index contributed by atoms with van der Waals surface area (Å²) in [6, 6.07) is 83.3. The summed E-state index contributed by atoms with van der Waals surface area (Å²) in [6.45, 7) is 0. The van der Waals surface area contributed by atoms with E-state index < -0.39 is 0 Å². The fourth-order valence-electron chi connectivity index (χ4n) is 10.0. The summed E-state index contributed by atoms with van der Waals surface area (Å²) < 4.78 is 11.7. The molecule has 0 N–H and O–H groups in total. The maximum atomic E-state index is 6.89. The second-order valence-corrected chi connectivity index (χ2v) is 16.5. The van der Waals surface area contributed by atoms with Crippen LogP contribution in [-0.2, 0) is 0 Å². The van der Waals surface area contributed by atoms with Crippen LogP contribution in [0, 0.1) is 0 Å². The molecule has 10 aromatic carbocycles. The van der Waals surface area contributed by atoms with Crippen LogP contribution >= 0.6 is 0 Å². The zero-order chi connectivity index (χ0) is 41.4. The second kappa shape index (κ2) is 14.1. The zero-order valence-electron chi connectivity index (χ0n) is 34.2. The van der Waals surface area contributed by atoms with Crippen molar-refractivity contribution in [3.8, 4) is 55.9 Å². The Balaban J connectivity index is 0.970. The molecule has 3 heteroatoms. The van der Waals surface area contributed by atoms with E-state index in [4.69, 9.17) is 4.42 Å². The lowest BCUT2D eigenvalue weighted by atomic mass is 9.95. The molecule has 0 unspecified atom stereocenters. The molecule has 294 valence electrons. The van der Waals surface area contributed by atoms with Gasteiger partial charge in [-0.3, -0.25) is 0 Å². The Hall–Kier alpha value is -8.40. The van der Waals surface area contributed by atoms with E-state index in [0.29, 0.717) is 0 Å². The molecule has 0 aliphatic carbocycles. The Labute approximate surface area is 363 Å². The first-order valence-corrected chi connectivity index (χ1v) is 21.6. The van der Waals surface area contributed by atoms with Crippen molar-refractivity contribution in [3.63, 3.8) is 0 Å². The van der Waals surface area contributed by atoms with E-state index in [9.17, 15) is 0 Å². The van der Waals surface area contributed by atoms with E-state index in [1.54, 1.807) is 0 Å². The molecule has 3 heterocycles. The first kappa shape index (κ1) is 35.4. The van der Waals surface area contributed by atoms with Crippen molar-refractivity contribution in [1.29, 1.82) is 0 Å². The van der Waals surface area contributed by atoms with Crippen LogP contribution in [-0.4, -0.2) is 9.13 Å². The molecule has 0 amide bonds. The van der Waals surface area contributed by atoms with Gasteiger partial charge in [-0.25, -0.2) is 0 Å². The molecule has 63 heavy (non-hydrogen) atoms. The predicted molar refractivity (Wildman–Crippen MR) is 264 cm³/mol. The average molecular weight is 803 g/mol. The molecule has 0 bridgehead atoms. The van der Waals surface area contributed by atoms with Gasteiger partial charge < -0.3 is 13.6 Å². The fraction of sp³-hybridized carbons (Fsp3) is 0. The van der Waals surface area contributed by atoms with Gasteiger partial charge >= 0.3 is 0 Å². The smallest absolute Gasteiger partial charge is 0.160 e. The van der Waals surface area contributed by atoms with Crippen LogP contribution in [0.5, 0.6) is 0 Å². The van der Waals surface area contributed by atoms with Crippen molar-refractivity contribution in [2.24, 2.45) is 0 Å². The highest BCUT2D eigenvalue weighted by Gasteiger charge is 2.22. The molecule has 13 aromatic rings. The normalized spacial score (nSPS) is 11.8. The van der Waals surface area contributed by atoms with Gasteiger partial charge in [-0.05, 0) is 111 Å². The lowest BCUT2D eigenvalue weighted by molar-refractivity contribution is 0.666. The molecule has 0 radical (unpaired) electrons. The van der Waals surface area contributed by atoms with Crippen LogP contribution in [0.2, 0.25) is 0 Å². The molecule has 0 aliphatic rings. The number of nitrogens with zero attached hydrogens (tertiary/aromatic N) is 2. The Morgan fingerprint density at radius 3 is 1.46 bits per heavy atom. The molecule has 0 fully saturated rings. The first-order valence-electron chi connectivity index (χ1n) is 21.6. The third-order valence-electron chi connectivity index (χ3n) is 12.9. The third kappa shape index (κ3) is 5.60. The minimum absolute atomic E-state index is 0.877. The maximum absolute atomic E-state index is 6.89. The minimum Gasteiger partial charge on any atom is -0.454 e. The maximum Gasteiger partial charge on any atom is 0.160 e. The van der Waals surface area contributed by atoms with E-state index in [1.807, 2.05) is 0 Å². The molecule has 3 aromatic heterocycles. The van der Waals surface area contributed by atoms with E-state index in [1.165, 1.54) is 66.0 Å². The van der Waals surface area contributed by atoms with Crippen molar-refractivity contribution in [3.05, 3.63) is 231 Å². The number of rotatable bonds is 6. The molecule has 3 nitrogen and oxygen atoms in total. The third-order valence-corrected chi connectivity index (χ3v) is 12.9. The van der Waals surface area contributed by atoms with Gasteiger partial charge in [0.05, 0.1) is 27.8 Å². The van der Waals surface area contributed by atoms with Gasteiger partial charge in [0.15, 0.2) is 5.58 Å². The van der Waals surface area contributed by atoms with E-state index in [-0.39, 0.29) is 0 Å². The molecular formula is C60H38N2O. The van der Waals surface area contributed by atoms with Gasteiger partial charge in [0.25, 0.3) is 0 Å². The Kier molecular flexibility index (Phi) is 7.91. The van der Waals surface area contributed by atoms with E-state index in [2.05, 4.69) is 240 Å². The zero-order valence-corrected chi connectivity index (χ0v) is 34.2. The summed E-state index contributed by atoms with van der Waals surface area (Å²) in [7, 11) is 0. The summed E-state index contributed by atoms with van der Waals surface area (Å²) in [6.07, 6.45) is 0. The number of furan rings is 1. The van der Waals surface area contributed by atoms with E-state index in [0.717, 1.165) is 55.5 Å². The van der Waals surface area contributed by atoms with Crippen LogP contribution < -0.4 is 0 Å². The number of fused-ring (bicyclic) bond motifs is 9. The Morgan fingerprint density at radius 2 is 0.778 bits per heavy atom. The van der Waals surface area contributed by atoms with E-state index >= 15 is 0 Å². The lowest BCUT2D eigenvalue weighted by Gasteiger charge is -2.13. The predicted octanol–water partition coefficient (Wildman–Crippen LogP) is 16.4. The number of hydrogen-bond acceptors (Lipinski definition) is 1. The van der Waals surface area contributed by atoms with Crippen LogP contribution in [0.15, 0.2) is 235 Å². The topological polar surface area (TPSA) is 23.0 Å². The summed E-state index contributed by atoms with van der Waals surface area (Å²) in [5.74, 6) is 0. The summed E-state index contributed by atoms with van der Waals surface area (Å²) >= 11 is 0. The van der Waals surface area contributed by atoms with Gasteiger partial charge in [-0.15, -0.1) is 0 Å². The standard InChI is InChI=1S/C60H38N2O/c1-3-15-39(16-4-1)41-19-13-21-45(35-41)47-31-34-57(60-59(47)50-25-9-12-28-58(50)63-60)62-54-27-11-8-24-49(54)52-38-44(30-33-56(52)62)43-29-32-55-51(37-43)48-23-7-10-26-53(48)61(55)46-22-14-20-42(36-46)40-17-5-2-6-18-40/h1-38H. The number of aromatic nitrogens is 2. The van der Waals surface area contributed by atoms with Crippen molar-refractivity contribution in [1.82, 2.24) is 9.13 Å². The fourth-order valence-corrected chi connectivity index (χ4v) is 10.0. The van der Waals surface area contributed by atoms with Crippen molar-refractivity contribution in [2.45, 2.75) is 0 Å². The highest BCUT2D eigenvalue weighted by Crippen LogP contribution is 2.44. The highest BCUT2D eigenvalue weighted by molar-refractivity contribution is 6.17. The average Bonchev–Trinajstić information content (AvgIpc) is 4.02. The molecule has 0 saturated carbocycles. The molecule has 0 aliphatic heterocycles. The summed E-state index contributed by atoms with van der Waals surface area (Å²) in [5, 5.41) is 7.11. The molecular weight excluding hydrogens is 765 g/mol. The molecule has 13 rings (SSSR count). The van der Waals surface area contributed by atoms with Crippen molar-refractivity contribution >= 4 is 65.6 Å². The SMILES string of the molecule is c1ccc(-c2cccc(-c3ccc(-n4c5ccccc5c5cc(-c6ccc7c(c6)c6ccccc6n7-c6cccc(-c7ccccc7)c6)ccc54)c4oc5ccccc5c34)c2)cc1.